The Morgan fingerprint density at radius 2 is 1.80 bits per heavy atom. The van der Waals surface area contributed by atoms with Crippen molar-refractivity contribution in [2.75, 3.05) is 59.2 Å². The van der Waals surface area contributed by atoms with Gasteiger partial charge < -0.3 is 39.9 Å². The van der Waals surface area contributed by atoms with Crippen LogP contribution in [0.4, 0.5) is 5.82 Å². The number of nitrogens with one attached hydrogen (secondary N) is 2. The molecule has 5 rings (SSSR count). The summed E-state index contributed by atoms with van der Waals surface area (Å²) >= 11 is 5.46. The number of nitrogens with zero attached hydrogens (tertiary/aromatic N) is 4. The average molecular weight is 564 g/mol. The summed E-state index contributed by atoms with van der Waals surface area (Å²) in [4.78, 5) is 37.8. The van der Waals surface area contributed by atoms with Gasteiger partial charge in [0.05, 0.1) is 19.7 Å². The molecule has 4 N–H and O–H groups in total. The number of piperazine rings is 1. The first kappa shape index (κ1) is 27.4. The van der Waals surface area contributed by atoms with Gasteiger partial charge >= 0.3 is 0 Å². The summed E-state index contributed by atoms with van der Waals surface area (Å²) in [5, 5.41) is 4.38. The molecule has 3 heterocycles. The molecule has 1 saturated heterocycles. The molecule has 1 fully saturated rings. The van der Waals surface area contributed by atoms with Crippen molar-refractivity contribution in [1.29, 1.82) is 0 Å². The highest BCUT2D eigenvalue weighted by atomic mass is 32.1. The maximum absolute atomic E-state index is 13.0. The molecule has 0 saturated carbocycles. The van der Waals surface area contributed by atoms with E-state index in [-0.39, 0.29) is 18.4 Å². The summed E-state index contributed by atoms with van der Waals surface area (Å²) in [5.74, 6) is 1.22. The number of aromatic amines is 1. The normalized spacial score (nSPS) is 14.0. The number of carbonyl (C=O) groups is 2. The molecule has 0 bridgehead atoms. The van der Waals surface area contributed by atoms with Gasteiger partial charge in [-0.2, -0.15) is 0 Å². The molecule has 0 radical (unpaired) electrons. The maximum Gasteiger partial charge on any atom is 0.267 e. The van der Waals surface area contributed by atoms with Crippen LogP contribution in [0.1, 0.15) is 27.8 Å². The lowest BCUT2D eigenvalue weighted by Gasteiger charge is -2.34. The van der Waals surface area contributed by atoms with E-state index in [4.69, 9.17) is 27.4 Å². The van der Waals surface area contributed by atoms with Crippen molar-refractivity contribution in [3.05, 3.63) is 52.4 Å². The molecule has 0 unspecified atom stereocenters. The molecule has 1 aliphatic rings. The number of hydrogen-bond acceptors (Lipinski definition) is 8. The first-order valence-corrected chi connectivity index (χ1v) is 13.6. The fourth-order valence-electron chi connectivity index (χ4n) is 5.01. The van der Waals surface area contributed by atoms with Crippen LogP contribution >= 0.6 is 12.2 Å². The molecule has 1 aliphatic heterocycles. The van der Waals surface area contributed by atoms with Crippen molar-refractivity contribution in [1.82, 2.24) is 29.7 Å². The van der Waals surface area contributed by atoms with Gasteiger partial charge in [0.15, 0.2) is 11.5 Å². The van der Waals surface area contributed by atoms with Crippen LogP contribution in [0, 0.1) is 4.77 Å². The highest BCUT2D eigenvalue weighted by Gasteiger charge is 2.22. The van der Waals surface area contributed by atoms with Gasteiger partial charge in [-0.25, -0.2) is 4.98 Å². The molecule has 40 heavy (non-hydrogen) atoms. The zero-order chi connectivity index (χ0) is 28.4. The number of rotatable bonds is 8. The van der Waals surface area contributed by atoms with Crippen LogP contribution in [-0.2, 0) is 6.54 Å². The molecule has 4 aromatic rings. The van der Waals surface area contributed by atoms with E-state index in [9.17, 15) is 9.59 Å². The molecule has 2 amide bonds. The van der Waals surface area contributed by atoms with Crippen LogP contribution in [0.5, 0.6) is 11.5 Å². The zero-order valence-corrected chi connectivity index (χ0v) is 23.6. The predicted molar refractivity (Wildman–Crippen MR) is 157 cm³/mol. The minimum Gasteiger partial charge on any atom is -0.493 e. The Hall–Kier alpha value is -4.16. The van der Waals surface area contributed by atoms with Gasteiger partial charge in [-0.15, -0.1) is 0 Å². The summed E-state index contributed by atoms with van der Waals surface area (Å²) in [7, 11) is 3.10. The molecule has 0 spiro atoms. The molecule has 0 aliphatic carbocycles. The van der Waals surface area contributed by atoms with E-state index in [2.05, 4.69) is 27.1 Å². The molecule has 0 atom stereocenters. The van der Waals surface area contributed by atoms with Crippen LogP contribution in [0.3, 0.4) is 0 Å². The molecular weight excluding hydrogens is 530 g/mol. The first-order chi connectivity index (χ1) is 19.3. The smallest absolute Gasteiger partial charge is 0.267 e. The van der Waals surface area contributed by atoms with Crippen molar-refractivity contribution >= 4 is 51.7 Å². The third kappa shape index (κ3) is 5.32. The van der Waals surface area contributed by atoms with E-state index in [1.807, 2.05) is 17.0 Å². The van der Waals surface area contributed by atoms with Crippen LogP contribution < -0.4 is 20.5 Å². The second-order valence-electron chi connectivity index (χ2n) is 9.62. The second-order valence-corrected chi connectivity index (χ2v) is 9.99. The number of benzene rings is 2. The van der Waals surface area contributed by atoms with Gasteiger partial charge in [0, 0.05) is 67.2 Å². The summed E-state index contributed by atoms with van der Waals surface area (Å²) in [6, 6.07) is 10.7. The Bertz CT molecular complexity index is 1640. The Balaban J connectivity index is 1.26. The van der Waals surface area contributed by atoms with Crippen LogP contribution in [0.2, 0.25) is 0 Å². The molecule has 12 heteroatoms. The summed E-state index contributed by atoms with van der Waals surface area (Å²) in [5.41, 5.74) is 8.83. The fraction of sp³-hybridized carbons (Fsp3) is 0.357. The number of fused-ring (bicyclic) bond motifs is 2. The quantitative estimate of drug-likeness (QED) is 0.279. The lowest BCUT2D eigenvalue weighted by atomic mass is 10.1. The van der Waals surface area contributed by atoms with Crippen molar-refractivity contribution in [2.24, 2.45) is 0 Å². The molecular formula is C28H33N7O4S. The minimum atomic E-state index is -0.273. The van der Waals surface area contributed by atoms with E-state index in [1.165, 1.54) is 0 Å². The average Bonchev–Trinajstić information content (AvgIpc) is 3.41. The number of carbonyl (C=O) groups excluding carboxylic acids is 2. The standard InChI is InChI=1S/C28H33N7O4S/c1-4-33-9-11-34(12-10-33)27(37)17-5-6-20-18(13-17)14-22(31-20)26(36)30-7-8-35-25(29)19-15-23(38-2)24(39-3)16-21(19)32-28(35)40/h5-6,13-16,31H,4,7-12,29H2,1-3H3,(H,30,36). The Labute approximate surface area is 236 Å². The fourth-order valence-corrected chi connectivity index (χ4v) is 5.30. The number of likely N-dealkylation sites (N-methyl/N-ethyl adjacent to an activating group) is 1. The Kier molecular flexibility index (Phi) is 7.90. The van der Waals surface area contributed by atoms with Gasteiger partial charge in [0.2, 0.25) is 4.77 Å². The Morgan fingerprint density at radius 1 is 1.07 bits per heavy atom. The van der Waals surface area contributed by atoms with Gasteiger partial charge in [0.1, 0.15) is 11.5 Å². The van der Waals surface area contributed by atoms with Gasteiger partial charge in [-0.1, -0.05) is 6.92 Å². The van der Waals surface area contributed by atoms with Gasteiger partial charge in [-0.05, 0) is 49.1 Å². The molecule has 210 valence electrons. The number of nitrogen functional groups attached to an aromatic ring is 1. The van der Waals surface area contributed by atoms with Crippen LogP contribution in [-0.4, -0.2) is 89.6 Å². The molecule has 2 aromatic carbocycles. The van der Waals surface area contributed by atoms with Crippen LogP contribution in [0.15, 0.2) is 36.4 Å². The lowest BCUT2D eigenvalue weighted by Crippen LogP contribution is -2.48. The SMILES string of the molecule is CCN1CCN(C(=O)c2ccc3[nH]c(C(=O)NCCn4c(N)c5cc(OC)c(OC)cc5nc4=S)cc3c2)CC1. The number of anilines is 1. The van der Waals surface area contributed by atoms with Crippen molar-refractivity contribution in [3.8, 4) is 11.5 Å². The number of hydrogen-bond donors (Lipinski definition) is 3. The number of nitrogens with two attached hydrogens (primary N) is 1. The van der Waals surface area contributed by atoms with Gasteiger partial charge in [0.25, 0.3) is 11.8 Å². The lowest BCUT2D eigenvalue weighted by molar-refractivity contribution is 0.0643. The largest absolute Gasteiger partial charge is 0.493 e. The number of aromatic nitrogens is 3. The van der Waals surface area contributed by atoms with Crippen molar-refractivity contribution in [3.63, 3.8) is 0 Å². The summed E-state index contributed by atoms with van der Waals surface area (Å²) in [6.07, 6.45) is 0. The first-order valence-electron chi connectivity index (χ1n) is 13.2. The molecule has 2 aromatic heterocycles. The summed E-state index contributed by atoms with van der Waals surface area (Å²) < 4.78 is 12.7. The zero-order valence-electron chi connectivity index (χ0n) is 22.8. The Morgan fingerprint density at radius 3 is 2.50 bits per heavy atom. The van der Waals surface area contributed by atoms with E-state index >= 15 is 0 Å². The van der Waals surface area contributed by atoms with Gasteiger partial charge in [-0.3, -0.25) is 9.59 Å². The number of ether oxygens (including phenoxy) is 2. The maximum atomic E-state index is 13.0. The van der Waals surface area contributed by atoms with Crippen molar-refractivity contribution < 1.29 is 19.1 Å². The van der Waals surface area contributed by atoms with Crippen LogP contribution in [0.25, 0.3) is 21.8 Å². The highest BCUT2D eigenvalue weighted by Crippen LogP contribution is 2.33. The van der Waals surface area contributed by atoms with E-state index in [1.54, 1.807) is 43.1 Å². The predicted octanol–water partition coefficient (Wildman–Crippen LogP) is 3.05. The third-order valence-corrected chi connectivity index (χ3v) is 7.67. The van der Waals surface area contributed by atoms with E-state index in [0.717, 1.165) is 30.5 Å². The summed E-state index contributed by atoms with van der Waals surface area (Å²) in [6.45, 7) is 6.93. The third-order valence-electron chi connectivity index (χ3n) is 7.36. The second kappa shape index (κ2) is 11.5. The molecule has 11 nitrogen and oxygen atoms in total. The topological polar surface area (TPSA) is 131 Å². The van der Waals surface area contributed by atoms with E-state index in [0.29, 0.717) is 63.9 Å². The minimum absolute atomic E-state index is 0.0132. The highest BCUT2D eigenvalue weighted by molar-refractivity contribution is 7.71. The van der Waals surface area contributed by atoms with Crippen molar-refractivity contribution in [2.45, 2.75) is 13.5 Å². The number of H-pyrrole nitrogens is 1. The number of amides is 2. The number of methoxy groups -OCH3 is 2. The van der Waals surface area contributed by atoms with E-state index < -0.39 is 0 Å². The monoisotopic (exact) mass is 563 g/mol.